The lowest BCUT2D eigenvalue weighted by Gasteiger charge is -2.15. The highest BCUT2D eigenvalue weighted by molar-refractivity contribution is 5.79. The number of nitrogens with one attached hydrogen (secondary N) is 2. The van der Waals surface area contributed by atoms with Crippen molar-refractivity contribution in [2.75, 3.05) is 6.54 Å². The molecule has 0 unspecified atom stereocenters. The topological polar surface area (TPSA) is 58.2 Å². The van der Waals surface area contributed by atoms with E-state index in [0.29, 0.717) is 12.8 Å². The van der Waals surface area contributed by atoms with Crippen LogP contribution in [0.25, 0.3) is 0 Å². The van der Waals surface area contributed by atoms with Crippen LogP contribution in [0.5, 0.6) is 0 Å². The van der Waals surface area contributed by atoms with Crippen LogP contribution in [0.4, 0.5) is 0 Å². The highest BCUT2D eigenvalue weighted by atomic mass is 16.2. The maximum atomic E-state index is 12.0. The summed E-state index contributed by atoms with van der Waals surface area (Å²) in [5, 5.41) is 5.88. The first-order chi connectivity index (χ1) is 13.7. The third-order valence-corrected chi connectivity index (χ3v) is 5.51. The fraction of sp³-hybridized carbons (Fsp3) is 0.833. The predicted octanol–water partition coefficient (Wildman–Crippen LogP) is 5.81. The molecule has 4 heteroatoms. The van der Waals surface area contributed by atoms with E-state index in [1.165, 1.54) is 70.6 Å². The van der Waals surface area contributed by atoms with Crippen LogP contribution in [0.3, 0.4) is 0 Å². The summed E-state index contributed by atoms with van der Waals surface area (Å²) < 4.78 is 0. The lowest BCUT2D eigenvalue weighted by atomic mass is 10.1. The van der Waals surface area contributed by atoms with E-state index in [2.05, 4.69) is 29.7 Å². The Balaban J connectivity index is 1.86. The van der Waals surface area contributed by atoms with Gasteiger partial charge in [0.2, 0.25) is 11.8 Å². The smallest absolute Gasteiger partial charge is 0.222 e. The molecule has 28 heavy (non-hydrogen) atoms. The maximum Gasteiger partial charge on any atom is 0.222 e. The number of amides is 2. The Labute approximate surface area is 173 Å². The van der Waals surface area contributed by atoms with Crippen LogP contribution in [0, 0.1) is 0 Å². The second-order valence-corrected chi connectivity index (χ2v) is 8.30. The fourth-order valence-electron chi connectivity index (χ4n) is 3.75. The minimum Gasteiger partial charge on any atom is -0.356 e. The monoisotopic (exact) mass is 392 g/mol. The second-order valence-electron chi connectivity index (χ2n) is 8.30. The number of hydrogen-bond donors (Lipinski definition) is 2. The SMILES string of the molecule is CCCCCCCC/C=C\CCCCCCCC(=O)N[C@H]1CCCNC(=O)C1. The van der Waals surface area contributed by atoms with E-state index < -0.39 is 0 Å². The summed E-state index contributed by atoms with van der Waals surface area (Å²) in [6.45, 7) is 3.00. The van der Waals surface area contributed by atoms with E-state index in [-0.39, 0.29) is 17.9 Å². The fourth-order valence-corrected chi connectivity index (χ4v) is 3.75. The molecule has 2 N–H and O–H groups in total. The Kier molecular flexibility index (Phi) is 15.7. The molecule has 0 radical (unpaired) electrons. The molecule has 0 aliphatic carbocycles. The van der Waals surface area contributed by atoms with Crippen LogP contribution in [0.1, 0.15) is 116 Å². The van der Waals surface area contributed by atoms with Gasteiger partial charge in [0.05, 0.1) is 0 Å². The number of hydrogen-bond acceptors (Lipinski definition) is 2. The minimum atomic E-state index is 0.0260. The van der Waals surface area contributed by atoms with Crippen molar-refractivity contribution in [1.29, 1.82) is 0 Å². The predicted molar refractivity (Wildman–Crippen MR) is 118 cm³/mol. The molecular formula is C24H44N2O2. The quantitative estimate of drug-likeness (QED) is 0.257. The molecular weight excluding hydrogens is 348 g/mol. The number of rotatable bonds is 16. The molecule has 0 saturated carbocycles. The maximum absolute atomic E-state index is 12.0. The molecule has 0 bridgehead atoms. The van der Waals surface area contributed by atoms with Crippen molar-refractivity contribution >= 4 is 11.8 Å². The van der Waals surface area contributed by atoms with Crippen LogP contribution < -0.4 is 10.6 Å². The molecule has 1 aliphatic rings. The molecule has 1 fully saturated rings. The standard InChI is InChI=1S/C24H44N2O2/c1-2-3-4-5-6-7-8-9-10-11-12-13-14-15-16-19-23(27)26-22-18-17-20-25-24(28)21-22/h9-10,22H,2-8,11-21H2,1H3,(H,25,28)(H,26,27)/b10-9-/t22-/m0/s1. The van der Waals surface area contributed by atoms with Gasteiger partial charge in [0.25, 0.3) is 0 Å². The third kappa shape index (κ3) is 14.7. The lowest BCUT2D eigenvalue weighted by Crippen LogP contribution is -2.36. The van der Waals surface area contributed by atoms with Gasteiger partial charge in [0, 0.05) is 25.4 Å². The van der Waals surface area contributed by atoms with Crippen LogP contribution in [-0.2, 0) is 9.59 Å². The van der Waals surface area contributed by atoms with Crippen molar-refractivity contribution in [2.24, 2.45) is 0 Å². The molecule has 1 saturated heterocycles. The van der Waals surface area contributed by atoms with E-state index in [1.807, 2.05) is 0 Å². The zero-order valence-corrected chi connectivity index (χ0v) is 18.3. The Morgan fingerprint density at radius 3 is 2.25 bits per heavy atom. The third-order valence-electron chi connectivity index (χ3n) is 5.51. The Hall–Kier alpha value is -1.32. The molecule has 0 aromatic carbocycles. The molecule has 1 aliphatic heterocycles. The average molecular weight is 393 g/mol. The first-order valence-corrected chi connectivity index (χ1v) is 11.9. The number of carbonyl (C=O) groups excluding carboxylic acids is 2. The first-order valence-electron chi connectivity index (χ1n) is 11.9. The van der Waals surface area contributed by atoms with Crippen LogP contribution in [-0.4, -0.2) is 24.4 Å². The van der Waals surface area contributed by atoms with E-state index in [0.717, 1.165) is 32.2 Å². The molecule has 1 rings (SSSR count). The summed E-state index contributed by atoms with van der Waals surface area (Å²) >= 11 is 0. The van der Waals surface area contributed by atoms with Gasteiger partial charge in [0.15, 0.2) is 0 Å². The van der Waals surface area contributed by atoms with Crippen molar-refractivity contribution in [3.8, 4) is 0 Å². The molecule has 0 aromatic rings. The summed E-state index contributed by atoms with van der Waals surface area (Å²) in [7, 11) is 0. The molecule has 1 heterocycles. The van der Waals surface area contributed by atoms with E-state index >= 15 is 0 Å². The Morgan fingerprint density at radius 2 is 1.57 bits per heavy atom. The summed E-state index contributed by atoms with van der Waals surface area (Å²) in [6, 6.07) is 0.0260. The number of carbonyl (C=O) groups is 2. The highest BCUT2D eigenvalue weighted by Gasteiger charge is 2.18. The van der Waals surface area contributed by atoms with E-state index in [1.54, 1.807) is 0 Å². The lowest BCUT2D eigenvalue weighted by molar-refractivity contribution is -0.123. The highest BCUT2D eigenvalue weighted by Crippen LogP contribution is 2.11. The Morgan fingerprint density at radius 1 is 0.964 bits per heavy atom. The normalized spacial score (nSPS) is 17.5. The molecule has 0 aromatic heterocycles. The van der Waals surface area contributed by atoms with Crippen molar-refractivity contribution < 1.29 is 9.59 Å². The van der Waals surface area contributed by atoms with Gasteiger partial charge >= 0.3 is 0 Å². The van der Waals surface area contributed by atoms with Crippen molar-refractivity contribution in [2.45, 2.75) is 122 Å². The van der Waals surface area contributed by atoms with Gasteiger partial charge in [-0.15, -0.1) is 0 Å². The van der Waals surface area contributed by atoms with Gasteiger partial charge in [-0.25, -0.2) is 0 Å². The number of unbranched alkanes of at least 4 members (excludes halogenated alkanes) is 11. The van der Waals surface area contributed by atoms with Crippen molar-refractivity contribution in [1.82, 2.24) is 10.6 Å². The minimum absolute atomic E-state index is 0.0260. The largest absolute Gasteiger partial charge is 0.356 e. The summed E-state index contributed by atoms with van der Waals surface area (Å²) in [5.41, 5.74) is 0. The molecule has 0 spiro atoms. The summed E-state index contributed by atoms with van der Waals surface area (Å²) in [6.07, 6.45) is 24.1. The molecule has 2 amide bonds. The van der Waals surface area contributed by atoms with Crippen LogP contribution >= 0.6 is 0 Å². The van der Waals surface area contributed by atoms with Gasteiger partial charge in [-0.05, 0) is 44.9 Å². The zero-order chi connectivity index (χ0) is 20.3. The zero-order valence-electron chi connectivity index (χ0n) is 18.3. The molecule has 4 nitrogen and oxygen atoms in total. The molecule has 1 atom stereocenters. The first kappa shape index (κ1) is 24.7. The number of allylic oxidation sites excluding steroid dienone is 2. The van der Waals surface area contributed by atoms with Gasteiger partial charge in [-0.2, -0.15) is 0 Å². The molecule has 162 valence electrons. The Bertz CT molecular complexity index is 434. The van der Waals surface area contributed by atoms with Crippen molar-refractivity contribution in [3.05, 3.63) is 12.2 Å². The van der Waals surface area contributed by atoms with Gasteiger partial charge in [-0.3, -0.25) is 9.59 Å². The van der Waals surface area contributed by atoms with E-state index in [9.17, 15) is 9.59 Å². The second kappa shape index (κ2) is 17.8. The van der Waals surface area contributed by atoms with Crippen LogP contribution in [0.15, 0.2) is 12.2 Å². The van der Waals surface area contributed by atoms with Crippen LogP contribution in [0.2, 0.25) is 0 Å². The average Bonchev–Trinajstić information content (AvgIpc) is 2.88. The summed E-state index contributed by atoms with van der Waals surface area (Å²) in [4.78, 5) is 23.5. The van der Waals surface area contributed by atoms with Crippen molar-refractivity contribution in [3.63, 3.8) is 0 Å². The van der Waals surface area contributed by atoms with Gasteiger partial charge in [0.1, 0.15) is 0 Å². The van der Waals surface area contributed by atoms with Gasteiger partial charge < -0.3 is 10.6 Å². The van der Waals surface area contributed by atoms with Gasteiger partial charge in [-0.1, -0.05) is 70.4 Å². The summed E-state index contributed by atoms with van der Waals surface area (Å²) in [5.74, 6) is 0.168. The van der Waals surface area contributed by atoms with E-state index in [4.69, 9.17) is 0 Å².